The van der Waals surface area contributed by atoms with Crippen molar-refractivity contribution in [2.45, 2.75) is 6.92 Å². The van der Waals surface area contributed by atoms with E-state index in [1.807, 2.05) is 50.2 Å². The number of rotatable bonds is 5. The van der Waals surface area contributed by atoms with Crippen molar-refractivity contribution in [3.05, 3.63) is 34.7 Å². The Morgan fingerprint density at radius 2 is 2.05 bits per heavy atom. The molecule has 2 rings (SSSR count). The minimum absolute atomic E-state index is 0.221. The van der Waals surface area contributed by atoms with Crippen LogP contribution in [0.1, 0.15) is 6.92 Å². The van der Waals surface area contributed by atoms with Gasteiger partial charge in [-0.05, 0) is 31.2 Å². The molecule has 0 unspecified atom stereocenters. The van der Waals surface area contributed by atoms with E-state index in [4.69, 9.17) is 16.3 Å². The maximum Gasteiger partial charge on any atom is 0.348 e. The van der Waals surface area contributed by atoms with Gasteiger partial charge in [0.15, 0.2) is 6.54 Å². The molecule has 1 aromatic heterocycles. The molecule has 0 saturated heterocycles. The molecule has 0 fully saturated rings. The van der Waals surface area contributed by atoms with Crippen LogP contribution >= 0.6 is 22.9 Å². The van der Waals surface area contributed by atoms with Crippen LogP contribution in [0.4, 0.5) is 5.13 Å². The monoisotopic (exact) mass is 325 g/mol. The Morgan fingerprint density at radius 1 is 1.38 bits per heavy atom. The van der Waals surface area contributed by atoms with Gasteiger partial charge in [0.25, 0.3) is 0 Å². The number of hydrogen-bond donors (Lipinski definition) is 0. The van der Waals surface area contributed by atoms with E-state index in [9.17, 15) is 4.79 Å². The van der Waals surface area contributed by atoms with Gasteiger partial charge in [0.2, 0.25) is 0 Å². The number of aromatic nitrogens is 1. The van der Waals surface area contributed by atoms with Crippen molar-refractivity contribution in [1.82, 2.24) is 0 Å². The summed E-state index contributed by atoms with van der Waals surface area (Å²) >= 11 is 7.51. The molecule has 0 N–H and O–H groups in total. The molecular weight excluding hydrogens is 308 g/mol. The summed E-state index contributed by atoms with van der Waals surface area (Å²) in [6, 6.07) is 7.71. The number of nitrogens with zero attached hydrogens (tertiary/aromatic N) is 2. The van der Waals surface area contributed by atoms with E-state index < -0.39 is 0 Å². The number of ether oxygens (including phenoxy) is 1. The van der Waals surface area contributed by atoms with Gasteiger partial charge in [-0.2, -0.15) is 0 Å². The van der Waals surface area contributed by atoms with Crippen molar-refractivity contribution >= 4 is 34.0 Å². The first kappa shape index (κ1) is 15.8. The van der Waals surface area contributed by atoms with Crippen LogP contribution in [-0.2, 0) is 16.6 Å². The summed E-state index contributed by atoms with van der Waals surface area (Å²) in [5.74, 6) is -0.221. The van der Waals surface area contributed by atoms with E-state index in [0.29, 0.717) is 6.61 Å². The molecule has 0 saturated carbocycles. The van der Waals surface area contributed by atoms with Crippen LogP contribution in [0.2, 0.25) is 5.02 Å². The smallest absolute Gasteiger partial charge is 0.348 e. The molecule has 1 heterocycles. The predicted octanol–water partition coefficient (Wildman–Crippen LogP) is 2.89. The van der Waals surface area contributed by atoms with E-state index in [-0.39, 0.29) is 12.5 Å². The first-order valence-corrected chi connectivity index (χ1v) is 7.89. The Hall–Kier alpha value is -1.59. The van der Waals surface area contributed by atoms with Crippen LogP contribution in [0.25, 0.3) is 11.3 Å². The van der Waals surface area contributed by atoms with E-state index >= 15 is 0 Å². The van der Waals surface area contributed by atoms with Gasteiger partial charge in [0, 0.05) is 16.0 Å². The summed E-state index contributed by atoms with van der Waals surface area (Å²) in [5.41, 5.74) is 2.18. The first-order valence-electron chi connectivity index (χ1n) is 6.63. The minimum atomic E-state index is -0.221. The number of halogens is 1. The number of hydrogen-bond acceptors (Lipinski definition) is 4. The van der Waals surface area contributed by atoms with Gasteiger partial charge in [-0.15, -0.1) is 0 Å². The lowest BCUT2D eigenvalue weighted by Crippen LogP contribution is -2.38. The van der Waals surface area contributed by atoms with Gasteiger partial charge in [-0.1, -0.05) is 22.9 Å². The Kier molecular flexibility index (Phi) is 5.20. The van der Waals surface area contributed by atoms with Crippen molar-refractivity contribution in [3.63, 3.8) is 0 Å². The molecule has 2 aromatic rings. The second-order valence-corrected chi connectivity index (χ2v) is 5.90. The number of anilines is 1. The van der Waals surface area contributed by atoms with Gasteiger partial charge in [-0.3, -0.25) is 0 Å². The van der Waals surface area contributed by atoms with Crippen molar-refractivity contribution in [1.29, 1.82) is 0 Å². The second kappa shape index (κ2) is 6.91. The molecule has 0 bridgehead atoms. The first-order chi connectivity index (χ1) is 10.0. The third-order valence-corrected chi connectivity index (χ3v) is 4.45. The van der Waals surface area contributed by atoms with Crippen molar-refractivity contribution in [2.24, 2.45) is 7.05 Å². The lowest BCUT2D eigenvalue weighted by Gasteiger charge is -2.10. The van der Waals surface area contributed by atoms with Crippen LogP contribution in [-0.4, -0.2) is 26.2 Å². The largest absolute Gasteiger partial charge is 0.463 e. The van der Waals surface area contributed by atoms with Crippen LogP contribution in [0.15, 0.2) is 29.6 Å². The summed E-state index contributed by atoms with van der Waals surface area (Å²) in [5, 5.41) is 3.78. The van der Waals surface area contributed by atoms with E-state index in [1.165, 1.54) is 0 Å². The van der Waals surface area contributed by atoms with E-state index in [0.717, 1.165) is 21.4 Å². The van der Waals surface area contributed by atoms with Gasteiger partial charge in [0.1, 0.15) is 5.69 Å². The minimum Gasteiger partial charge on any atom is -0.463 e. The molecule has 21 heavy (non-hydrogen) atoms. The zero-order valence-electron chi connectivity index (χ0n) is 12.3. The van der Waals surface area contributed by atoms with Crippen molar-refractivity contribution in [3.8, 4) is 11.3 Å². The molecule has 0 atom stereocenters. The number of likely N-dealkylation sites (N-methyl/N-ethyl adjacent to an activating group) is 1. The highest BCUT2D eigenvalue weighted by Gasteiger charge is 2.22. The summed E-state index contributed by atoms with van der Waals surface area (Å²) in [7, 11) is 3.87. The third kappa shape index (κ3) is 3.74. The highest BCUT2D eigenvalue weighted by molar-refractivity contribution is 7.13. The normalized spacial score (nSPS) is 10.5. The van der Waals surface area contributed by atoms with Crippen LogP contribution in [0.5, 0.6) is 0 Å². The average Bonchev–Trinajstić information content (AvgIpc) is 2.82. The summed E-state index contributed by atoms with van der Waals surface area (Å²) in [6.07, 6.45) is 0. The van der Waals surface area contributed by atoms with Crippen molar-refractivity contribution < 1.29 is 14.1 Å². The Morgan fingerprint density at radius 3 is 2.67 bits per heavy atom. The van der Waals surface area contributed by atoms with Gasteiger partial charge >= 0.3 is 11.1 Å². The highest BCUT2D eigenvalue weighted by Crippen LogP contribution is 2.25. The molecule has 0 aliphatic heterocycles. The Labute approximate surface area is 133 Å². The fourth-order valence-electron chi connectivity index (χ4n) is 2.07. The van der Waals surface area contributed by atoms with Gasteiger partial charge in [0.05, 0.1) is 20.7 Å². The van der Waals surface area contributed by atoms with Crippen molar-refractivity contribution in [2.75, 3.05) is 25.1 Å². The number of thiazole rings is 1. The lowest BCUT2D eigenvalue weighted by atomic mass is 10.2. The van der Waals surface area contributed by atoms with Crippen LogP contribution < -0.4 is 9.47 Å². The molecule has 0 aliphatic carbocycles. The van der Waals surface area contributed by atoms with Crippen LogP contribution in [0.3, 0.4) is 0 Å². The topological polar surface area (TPSA) is 33.4 Å². The summed E-state index contributed by atoms with van der Waals surface area (Å²) in [4.78, 5) is 13.5. The summed E-state index contributed by atoms with van der Waals surface area (Å²) in [6.45, 7) is 2.45. The van der Waals surface area contributed by atoms with E-state index in [1.54, 1.807) is 11.3 Å². The summed E-state index contributed by atoms with van der Waals surface area (Å²) < 4.78 is 7.04. The fraction of sp³-hybridized carbons (Fsp3) is 0.333. The molecule has 112 valence electrons. The predicted molar refractivity (Wildman–Crippen MR) is 85.8 cm³/mol. The second-order valence-electron chi connectivity index (χ2n) is 4.63. The zero-order valence-corrected chi connectivity index (χ0v) is 13.9. The number of esters is 1. The molecule has 4 nitrogen and oxygen atoms in total. The zero-order chi connectivity index (χ0) is 15.4. The fourth-order valence-corrected chi connectivity index (χ4v) is 3.20. The van der Waals surface area contributed by atoms with Gasteiger partial charge < -0.3 is 4.74 Å². The standard InChI is InChI=1S/C15H18ClN2O2S/c1-4-20-14(19)9-17(2)15-18(3)13(10-21-15)11-5-7-12(16)8-6-11/h5-8,10H,4,9H2,1-3H3/q+1. The Bertz CT molecular complexity index is 625. The molecule has 0 aliphatic rings. The molecule has 0 amide bonds. The van der Waals surface area contributed by atoms with E-state index in [2.05, 4.69) is 9.95 Å². The lowest BCUT2D eigenvalue weighted by molar-refractivity contribution is -0.643. The molecule has 0 radical (unpaired) electrons. The van der Waals surface area contributed by atoms with Gasteiger partial charge in [-0.25, -0.2) is 14.3 Å². The highest BCUT2D eigenvalue weighted by atomic mass is 35.5. The average molecular weight is 326 g/mol. The molecule has 6 heteroatoms. The third-order valence-electron chi connectivity index (χ3n) is 3.06. The SMILES string of the molecule is CCOC(=O)CN(C)c1scc(-c2ccc(Cl)cc2)[n+]1C. The maximum absolute atomic E-state index is 11.6. The van der Waals surface area contributed by atoms with Crippen LogP contribution in [0, 0.1) is 0 Å². The molecular formula is C15H18ClN2O2S+. The number of carbonyl (C=O) groups excluding carboxylic acids is 1. The Balaban J connectivity index is 2.20. The molecule has 0 spiro atoms. The molecule has 1 aromatic carbocycles. The quantitative estimate of drug-likeness (QED) is 0.626. The number of benzene rings is 1. The number of carbonyl (C=O) groups is 1. The maximum atomic E-state index is 11.6.